The van der Waals surface area contributed by atoms with Gasteiger partial charge in [0.1, 0.15) is 0 Å². The molecule has 36 heavy (non-hydrogen) atoms. The maximum absolute atomic E-state index is 14.7. The van der Waals surface area contributed by atoms with Crippen molar-refractivity contribution >= 4 is 10.8 Å². The average Bonchev–Trinajstić information content (AvgIpc) is 2.87. The molecule has 0 spiro atoms. The molecule has 4 nitrogen and oxygen atoms in total. The van der Waals surface area contributed by atoms with E-state index in [1.165, 1.54) is 44.6 Å². The highest BCUT2D eigenvalue weighted by Crippen LogP contribution is 2.28. The van der Waals surface area contributed by atoms with Crippen molar-refractivity contribution in [1.29, 1.82) is 0 Å². The Bertz CT molecular complexity index is 1130. The quantitative estimate of drug-likeness (QED) is 0.185. The fourth-order valence-corrected chi connectivity index (χ4v) is 4.11. The van der Waals surface area contributed by atoms with E-state index in [1.54, 1.807) is 25.4 Å². The van der Waals surface area contributed by atoms with Crippen LogP contribution in [-0.4, -0.2) is 27.8 Å². The fourth-order valence-electron chi connectivity index (χ4n) is 4.11. The Morgan fingerprint density at radius 3 is 2.36 bits per heavy atom. The molecule has 1 heterocycles. The van der Waals surface area contributed by atoms with E-state index >= 15 is 0 Å². The van der Waals surface area contributed by atoms with Gasteiger partial charge in [0.25, 0.3) is 0 Å². The Hall–Kier alpha value is -2.97. The van der Waals surface area contributed by atoms with E-state index in [4.69, 9.17) is 4.74 Å². The second kappa shape index (κ2) is 15.2. The lowest BCUT2D eigenvalue weighted by Gasteiger charge is -2.10. The summed E-state index contributed by atoms with van der Waals surface area (Å²) in [7, 11) is 0. The molecule has 2 aromatic carbocycles. The molecule has 0 saturated carbocycles. The molecule has 0 aliphatic rings. The van der Waals surface area contributed by atoms with Crippen LogP contribution in [0, 0.1) is 17.7 Å². The van der Waals surface area contributed by atoms with Crippen LogP contribution in [0.2, 0.25) is 0 Å². The number of ether oxygens (including phenoxy) is 1. The summed E-state index contributed by atoms with van der Waals surface area (Å²) in [5.74, 6) is 6.69. The van der Waals surface area contributed by atoms with Gasteiger partial charge in [0.2, 0.25) is 0 Å². The third-order valence-electron chi connectivity index (χ3n) is 6.21. The van der Waals surface area contributed by atoms with E-state index < -0.39 is 0 Å². The van der Waals surface area contributed by atoms with E-state index in [1.807, 2.05) is 18.2 Å². The number of aromatic nitrogens is 2. The minimum absolute atomic E-state index is 0.288. The molecular weight excluding hydrogens is 451 g/mol. The summed E-state index contributed by atoms with van der Waals surface area (Å²) >= 11 is 0. The first kappa shape index (κ1) is 27.6. The highest BCUT2D eigenvalue weighted by atomic mass is 19.1. The van der Waals surface area contributed by atoms with Crippen LogP contribution in [0.4, 0.5) is 4.39 Å². The number of halogens is 1. The van der Waals surface area contributed by atoms with Crippen LogP contribution in [0.3, 0.4) is 0 Å². The number of nitrogens with zero attached hydrogens (tertiary/aromatic N) is 2. The lowest BCUT2D eigenvalue weighted by Crippen LogP contribution is -1.99. The summed E-state index contributed by atoms with van der Waals surface area (Å²) in [6.45, 7) is 4.56. The normalized spacial score (nSPS) is 11.8. The van der Waals surface area contributed by atoms with Crippen molar-refractivity contribution in [3.8, 4) is 29.0 Å². The van der Waals surface area contributed by atoms with Gasteiger partial charge in [0.15, 0.2) is 17.4 Å². The van der Waals surface area contributed by atoms with Crippen LogP contribution in [0.15, 0.2) is 42.7 Å². The second-order valence-electron chi connectivity index (χ2n) is 9.51. The molecule has 192 valence electrons. The van der Waals surface area contributed by atoms with Gasteiger partial charge in [-0.1, -0.05) is 75.8 Å². The molecular formula is C31H39FN2O2. The van der Waals surface area contributed by atoms with E-state index in [2.05, 4.69) is 28.7 Å². The predicted molar refractivity (Wildman–Crippen MR) is 145 cm³/mol. The molecule has 1 aromatic heterocycles. The van der Waals surface area contributed by atoms with Gasteiger partial charge in [-0.15, -0.1) is 0 Å². The first-order valence-electron chi connectivity index (χ1n) is 13.4. The molecule has 3 aromatic rings. The number of aliphatic hydroxyl groups excluding tert-OH is 1. The Balaban J connectivity index is 1.53. The number of rotatable bonds is 14. The zero-order valence-electron chi connectivity index (χ0n) is 21.7. The molecule has 1 atom stereocenters. The Kier molecular flexibility index (Phi) is 11.7. The highest BCUT2D eigenvalue weighted by Gasteiger charge is 2.09. The number of hydrogen-bond acceptors (Lipinski definition) is 4. The maximum Gasteiger partial charge on any atom is 0.165 e. The zero-order valence-corrected chi connectivity index (χ0v) is 21.7. The summed E-state index contributed by atoms with van der Waals surface area (Å²) in [5.41, 5.74) is 1.58. The van der Waals surface area contributed by atoms with Crippen molar-refractivity contribution in [3.05, 3.63) is 54.1 Å². The van der Waals surface area contributed by atoms with Gasteiger partial charge >= 0.3 is 0 Å². The van der Waals surface area contributed by atoms with E-state index in [9.17, 15) is 9.50 Å². The summed E-state index contributed by atoms with van der Waals surface area (Å²) < 4.78 is 20.4. The highest BCUT2D eigenvalue weighted by molar-refractivity contribution is 5.87. The van der Waals surface area contributed by atoms with E-state index in [0.717, 1.165) is 54.0 Å². The largest absolute Gasteiger partial charge is 0.490 e. The standard InChI is InChI=1S/C31H39FN2O2/c1-3-4-5-6-7-8-9-13-18-36-30-21-26-16-17-27(19-28(26)20-29(30)32)31-33-22-25(23-34-31)15-12-10-11-14-24(2)35/h16-17,19-24,35H,3-11,13-14,18H2,1-2H3. The monoisotopic (exact) mass is 490 g/mol. The predicted octanol–water partition coefficient (Wildman–Crippen LogP) is 7.86. The topological polar surface area (TPSA) is 55.2 Å². The van der Waals surface area contributed by atoms with Crippen LogP contribution < -0.4 is 4.74 Å². The number of unbranched alkanes of at least 4 members (excludes halogenated alkanes) is 8. The van der Waals surface area contributed by atoms with Crippen molar-refractivity contribution < 1.29 is 14.2 Å². The van der Waals surface area contributed by atoms with Gasteiger partial charge in [-0.2, -0.15) is 0 Å². The van der Waals surface area contributed by atoms with Gasteiger partial charge in [-0.05, 0) is 55.2 Å². The number of hydrogen-bond donors (Lipinski definition) is 1. The van der Waals surface area contributed by atoms with Crippen molar-refractivity contribution in [2.75, 3.05) is 6.61 Å². The van der Waals surface area contributed by atoms with Crippen molar-refractivity contribution in [3.63, 3.8) is 0 Å². The summed E-state index contributed by atoms with van der Waals surface area (Å²) in [6, 6.07) is 9.09. The molecule has 5 heteroatoms. The SMILES string of the molecule is CCCCCCCCCCOc1cc2ccc(-c3ncc(C#CCCCC(C)O)cn3)cc2cc1F. The van der Waals surface area contributed by atoms with E-state index in [0.29, 0.717) is 18.2 Å². The molecule has 0 aliphatic heterocycles. The van der Waals surface area contributed by atoms with Crippen molar-refractivity contribution in [2.24, 2.45) is 0 Å². The zero-order chi connectivity index (χ0) is 25.6. The summed E-state index contributed by atoms with van der Waals surface area (Å²) in [5, 5.41) is 11.0. The van der Waals surface area contributed by atoms with Crippen LogP contribution in [-0.2, 0) is 0 Å². The molecule has 0 saturated heterocycles. The Labute approximate surface area is 215 Å². The molecule has 0 fully saturated rings. The second-order valence-corrected chi connectivity index (χ2v) is 9.51. The van der Waals surface area contributed by atoms with Crippen LogP contribution in [0.5, 0.6) is 5.75 Å². The number of benzene rings is 2. The third-order valence-corrected chi connectivity index (χ3v) is 6.21. The smallest absolute Gasteiger partial charge is 0.165 e. The third kappa shape index (κ3) is 9.24. The van der Waals surface area contributed by atoms with Gasteiger partial charge in [-0.3, -0.25) is 0 Å². The Morgan fingerprint density at radius 2 is 1.64 bits per heavy atom. The first-order chi connectivity index (χ1) is 17.6. The lowest BCUT2D eigenvalue weighted by molar-refractivity contribution is 0.182. The summed E-state index contributed by atoms with van der Waals surface area (Å²) in [6.07, 6.45) is 15.3. The van der Waals surface area contributed by atoms with Gasteiger partial charge in [0, 0.05) is 24.4 Å². The minimum atomic E-state index is -0.346. The Morgan fingerprint density at radius 1 is 0.917 bits per heavy atom. The van der Waals surface area contributed by atoms with Crippen molar-refractivity contribution in [2.45, 2.75) is 90.6 Å². The summed E-state index contributed by atoms with van der Waals surface area (Å²) in [4.78, 5) is 8.87. The molecule has 0 bridgehead atoms. The van der Waals surface area contributed by atoms with E-state index in [-0.39, 0.29) is 11.9 Å². The van der Waals surface area contributed by atoms with Crippen LogP contribution >= 0.6 is 0 Å². The molecule has 0 amide bonds. The maximum atomic E-state index is 14.7. The van der Waals surface area contributed by atoms with Crippen molar-refractivity contribution in [1.82, 2.24) is 9.97 Å². The molecule has 0 radical (unpaired) electrons. The number of aliphatic hydroxyl groups is 1. The average molecular weight is 491 g/mol. The molecule has 1 unspecified atom stereocenters. The van der Waals surface area contributed by atoms with Crippen LogP contribution in [0.1, 0.15) is 90.0 Å². The van der Waals surface area contributed by atoms with Gasteiger partial charge < -0.3 is 9.84 Å². The molecule has 1 N–H and O–H groups in total. The lowest BCUT2D eigenvalue weighted by atomic mass is 10.1. The number of fused-ring (bicyclic) bond motifs is 1. The van der Waals surface area contributed by atoms with Gasteiger partial charge in [0.05, 0.1) is 18.3 Å². The minimum Gasteiger partial charge on any atom is -0.490 e. The first-order valence-corrected chi connectivity index (χ1v) is 13.4. The molecule has 3 rings (SSSR count). The fraction of sp³-hybridized carbons (Fsp3) is 0.484. The molecule has 0 aliphatic carbocycles. The van der Waals surface area contributed by atoms with Crippen LogP contribution in [0.25, 0.3) is 22.2 Å². The van der Waals surface area contributed by atoms with Gasteiger partial charge in [-0.25, -0.2) is 14.4 Å².